The molecule has 0 aromatic heterocycles. The van der Waals surface area contributed by atoms with Crippen LogP contribution in [0, 0.1) is 0 Å². The van der Waals surface area contributed by atoms with E-state index in [-0.39, 0.29) is 11.8 Å². The third-order valence-corrected chi connectivity index (χ3v) is 5.43. The molecule has 1 aliphatic rings. The molecule has 4 rings (SSSR count). The number of rotatable bonds is 6. The topological polar surface area (TPSA) is 58.6 Å². The Kier molecular flexibility index (Phi) is 5.72. The number of methoxy groups -OCH3 is 1. The summed E-state index contributed by atoms with van der Waals surface area (Å²) in [6.07, 6.45) is 0. The predicted molar refractivity (Wildman–Crippen MR) is 115 cm³/mol. The number of nitrogens with one attached hydrogen (secondary N) is 1. The highest BCUT2D eigenvalue weighted by Gasteiger charge is 2.40. The Balaban J connectivity index is 1.60. The lowest BCUT2D eigenvalue weighted by Crippen LogP contribution is -2.38. The zero-order valence-electron chi connectivity index (χ0n) is 16.5. The molecular formula is C24H21ClN2O3. The van der Waals surface area contributed by atoms with Crippen LogP contribution in [0.15, 0.2) is 72.8 Å². The monoisotopic (exact) mass is 420 g/mol. The van der Waals surface area contributed by atoms with Gasteiger partial charge in [-0.3, -0.25) is 9.59 Å². The largest absolute Gasteiger partial charge is 0.496 e. The van der Waals surface area contributed by atoms with Crippen LogP contribution in [-0.4, -0.2) is 23.8 Å². The Hall–Kier alpha value is -3.31. The summed E-state index contributed by atoms with van der Waals surface area (Å²) in [6, 6.07) is 21.4. The zero-order valence-corrected chi connectivity index (χ0v) is 17.2. The summed E-state index contributed by atoms with van der Waals surface area (Å²) in [5, 5.41) is 3.56. The summed E-state index contributed by atoms with van der Waals surface area (Å²) in [7, 11) is 1.60. The Morgan fingerprint density at radius 2 is 1.83 bits per heavy atom. The maximum Gasteiger partial charge on any atom is 0.255 e. The smallest absolute Gasteiger partial charge is 0.255 e. The molecule has 2 amide bonds. The van der Waals surface area contributed by atoms with E-state index in [1.54, 1.807) is 24.1 Å². The molecule has 0 saturated carbocycles. The number of carbonyl (C=O) groups excluding carboxylic acids is 2. The molecular weight excluding hydrogens is 400 g/mol. The first-order valence-corrected chi connectivity index (χ1v) is 10.00. The average molecular weight is 421 g/mol. The van der Waals surface area contributed by atoms with Gasteiger partial charge in [0.25, 0.3) is 5.91 Å². The Labute approximate surface area is 180 Å². The van der Waals surface area contributed by atoms with E-state index in [9.17, 15) is 9.59 Å². The summed E-state index contributed by atoms with van der Waals surface area (Å²) in [6.45, 7) is 0.599. The highest BCUT2D eigenvalue weighted by Crippen LogP contribution is 2.35. The van der Waals surface area contributed by atoms with Gasteiger partial charge >= 0.3 is 0 Å². The quantitative estimate of drug-likeness (QED) is 0.644. The van der Waals surface area contributed by atoms with Crippen LogP contribution in [0.5, 0.6) is 5.75 Å². The second kappa shape index (κ2) is 8.59. The molecule has 3 aromatic carbocycles. The Bertz CT molecular complexity index is 1100. The van der Waals surface area contributed by atoms with Crippen molar-refractivity contribution < 1.29 is 14.3 Å². The first-order valence-electron chi connectivity index (χ1n) is 9.62. The third kappa shape index (κ3) is 3.89. The van der Waals surface area contributed by atoms with Gasteiger partial charge in [-0.25, -0.2) is 0 Å². The molecule has 1 atom stereocenters. The van der Waals surface area contributed by atoms with Gasteiger partial charge in [-0.1, -0.05) is 60.1 Å². The fourth-order valence-corrected chi connectivity index (χ4v) is 3.99. The fraction of sp³-hybridized carbons (Fsp3) is 0.167. The number of hydrogen-bond donors (Lipinski definition) is 1. The zero-order chi connectivity index (χ0) is 21.1. The van der Waals surface area contributed by atoms with Gasteiger partial charge in [-0.15, -0.1) is 0 Å². The summed E-state index contributed by atoms with van der Waals surface area (Å²) >= 11 is 6.11. The van der Waals surface area contributed by atoms with Crippen molar-refractivity contribution in [1.82, 2.24) is 10.2 Å². The average Bonchev–Trinajstić information content (AvgIpc) is 3.04. The maximum atomic E-state index is 13.2. The molecule has 1 heterocycles. The summed E-state index contributed by atoms with van der Waals surface area (Å²) in [5.74, 6) is 0.306. The van der Waals surface area contributed by atoms with Crippen LogP contribution in [0.25, 0.3) is 0 Å². The SMILES string of the molecule is COc1ccccc1CNC(=O)C1c2ccccc2C(=O)N1Cc1cccc(Cl)c1. The molecule has 0 saturated heterocycles. The first kappa shape index (κ1) is 20.0. The van der Waals surface area contributed by atoms with Gasteiger partial charge in [-0.2, -0.15) is 0 Å². The number of halogens is 1. The highest BCUT2D eigenvalue weighted by atomic mass is 35.5. The minimum atomic E-state index is -0.706. The number of para-hydroxylation sites is 1. The van der Waals surface area contributed by atoms with E-state index in [0.29, 0.717) is 35.0 Å². The van der Waals surface area contributed by atoms with E-state index in [1.165, 1.54) is 0 Å². The van der Waals surface area contributed by atoms with Crippen LogP contribution >= 0.6 is 11.6 Å². The van der Waals surface area contributed by atoms with Crippen LogP contribution < -0.4 is 10.1 Å². The Morgan fingerprint density at radius 3 is 2.63 bits per heavy atom. The second-order valence-corrected chi connectivity index (χ2v) is 7.52. The molecule has 3 aromatic rings. The molecule has 1 N–H and O–H groups in total. The van der Waals surface area contributed by atoms with E-state index in [2.05, 4.69) is 5.32 Å². The van der Waals surface area contributed by atoms with E-state index >= 15 is 0 Å². The van der Waals surface area contributed by atoms with Gasteiger partial charge < -0.3 is 15.0 Å². The molecule has 1 aliphatic heterocycles. The molecule has 0 bridgehead atoms. The van der Waals surface area contributed by atoms with Gasteiger partial charge in [0.15, 0.2) is 0 Å². The summed E-state index contributed by atoms with van der Waals surface area (Å²) in [4.78, 5) is 27.9. The standard InChI is InChI=1S/C24H21ClN2O3/c1-30-21-12-5-2-8-17(21)14-26-23(28)22-19-10-3-4-11-20(19)24(29)27(22)15-16-7-6-9-18(25)13-16/h2-13,22H,14-15H2,1H3,(H,26,28). The van der Waals surface area contributed by atoms with Crippen molar-refractivity contribution in [2.45, 2.75) is 19.1 Å². The second-order valence-electron chi connectivity index (χ2n) is 7.08. The number of carbonyl (C=O) groups is 2. The molecule has 5 nitrogen and oxygen atoms in total. The Morgan fingerprint density at radius 1 is 1.07 bits per heavy atom. The number of fused-ring (bicyclic) bond motifs is 1. The maximum absolute atomic E-state index is 13.2. The number of amides is 2. The van der Waals surface area contributed by atoms with Crippen LogP contribution in [0.2, 0.25) is 5.02 Å². The fourth-order valence-electron chi connectivity index (χ4n) is 3.78. The minimum absolute atomic E-state index is 0.164. The molecule has 6 heteroatoms. The van der Waals surface area contributed by atoms with Crippen LogP contribution in [-0.2, 0) is 17.9 Å². The van der Waals surface area contributed by atoms with Crippen molar-refractivity contribution in [3.8, 4) is 5.75 Å². The molecule has 152 valence electrons. The summed E-state index contributed by atoms with van der Waals surface area (Å²) < 4.78 is 5.36. The normalized spacial score (nSPS) is 15.1. The van der Waals surface area contributed by atoms with Gasteiger partial charge in [0, 0.05) is 29.2 Å². The third-order valence-electron chi connectivity index (χ3n) is 5.19. The highest BCUT2D eigenvalue weighted by molar-refractivity contribution is 6.30. The number of ether oxygens (including phenoxy) is 1. The van der Waals surface area contributed by atoms with E-state index in [0.717, 1.165) is 11.1 Å². The molecule has 1 unspecified atom stereocenters. The predicted octanol–water partition coefficient (Wildman–Crippen LogP) is 4.36. The lowest BCUT2D eigenvalue weighted by atomic mass is 10.0. The van der Waals surface area contributed by atoms with Crippen molar-refractivity contribution in [3.63, 3.8) is 0 Å². The lowest BCUT2D eigenvalue weighted by molar-refractivity contribution is -0.125. The summed E-state index contributed by atoms with van der Waals surface area (Å²) in [5.41, 5.74) is 3.00. The molecule has 30 heavy (non-hydrogen) atoms. The number of benzene rings is 3. The molecule has 0 radical (unpaired) electrons. The van der Waals surface area contributed by atoms with Gasteiger partial charge in [0.2, 0.25) is 5.91 Å². The lowest BCUT2D eigenvalue weighted by Gasteiger charge is -2.25. The van der Waals surface area contributed by atoms with Crippen LogP contribution in [0.3, 0.4) is 0 Å². The van der Waals surface area contributed by atoms with Crippen molar-refractivity contribution in [1.29, 1.82) is 0 Å². The van der Waals surface area contributed by atoms with E-state index < -0.39 is 6.04 Å². The van der Waals surface area contributed by atoms with E-state index in [4.69, 9.17) is 16.3 Å². The van der Waals surface area contributed by atoms with Crippen molar-refractivity contribution >= 4 is 23.4 Å². The van der Waals surface area contributed by atoms with Crippen LogP contribution in [0.1, 0.15) is 33.1 Å². The van der Waals surface area contributed by atoms with Crippen LogP contribution in [0.4, 0.5) is 0 Å². The first-order chi connectivity index (χ1) is 14.6. The van der Waals surface area contributed by atoms with Gasteiger partial charge in [-0.05, 0) is 35.4 Å². The number of nitrogens with zero attached hydrogens (tertiary/aromatic N) is 1. The molecule has 0 aliphatic carbocycles. The van der Waals surface area contributed by atoms with Crippen molar-refractivity contribution in [2.75, 3.05) is 7.11 Å². The van der Waals surface area contributed by atoms with Crippen molar-refractivity contribution in [3.05, 3.63) is 100 Å². The van der Waals surface area contributed by atoms with Gasteiger partial charge in [0.1, 0.15) is 11.8 Å². The minimum Gasteiger partial charge on any atom is -0.496 e. The number of hydrogen-bond acceptors (Lipinski definition) is 3. The van der Waals surface area contributed by atoms with Gasteiger partial charge in [0.05, 0.1) is 7.11 Å². The molecule has 0 fully saturated rings. The van der Waals surface area contributed by atoms with Crippen molar-refractivity contribution in [2.24, 2.45) is 0 Å². The molecule has 0 spiro atoms. The van der Waals surface area contributed by atoms with E-state index in [1.807, 2.05) is 60.7 Å².